The Labute approximate surface area is 115 Å². The van der Waals surface area contributed by atoms with E-state index in [9.17, 15) is 5.11 Å². The summed E-state index contributed by atoms with van der Waals surface area (Å²) in [5, 5.41) is 15.2. The summed E-state index contributed by atoms with van der Waals surface area (Å²) in [5.41, 5.74) is 1.04. The molecular weight excluding hydrogens is 236 g/mol. The molecule has 1 atom stereocenters. The van der Waals surface area contributed by atoms with Gasteiger partial charge in [-0.1, -0.05) is 0 Å². The molecule has 4 saturated carbocycles. The highest BCUT2D eigenvalue weighted by molar-refractivity contribution is 5.10. The summed E-state index contributed by atoms with van der Waals surface area (Å²) in [5.74, 6) is 3.98. The van der Waals surface area contributed by atoms with E-state index in [0.29, 0.717) is 5.92 Å². The molecule has 0 radical (unpaired) electrons. The smallest absolute Gasteiger partial charge is 0.0989 e. The van der Waals surface area contributed by atoms with Crippen LogP contribution in [0.15, 0.2) is 12.3 Å². The van der Waals surface area contributed by atoms with Gasteiger partial charge in [-0.05, 0) is 74.7 Å². The molecule has 0 spiro atoms. The second kappa shape index (κ2) is 4.34. The lowest BCUT2D eigenvalue weighted by molar-refractivity contribution is -0.0929. The van der Waals surface area contributed by atoms with Gasteiger partial charge in [0, 0.05) is 12.7 Å². The lowest BCUT2D eigenvalue weighted by Crippen LogP contribution is -2.47. The second-order valence-corrected chi connectivity index (χ2v) is 7.02. The van der Waals surface area contributed by atoms with Gasteiger partial charge < -0.3 is 5.11 Å². The lowest BCUT2D eigenvalue weighted by atomic mass is 9.50. The summed E-state index contributed by atoms with van der Waals surface area (Å²) in [6.45, 7) is 2.95. The Morgan fingerprint density at radius 2 is 1.84 bits per heavy atom. The van der Waals surface area contributed by atoms with Crippen LogP contribution in [0.25, 0.3) is 0 Å². The predicted octanol–water partition coefficient (Wildman–Crippen LogP) is 3.01. The van der Waals surface area contributed by atoms with Crippen molar-refractivity contribution in [3.63, 3.8) is 0 Å². The Morgan fingerprint density at radius 1 is 1.21 bits per heavy atom. The molecule has 1 heterocycles. The van der Waals surface area contributed by atoms with Crippen LogP contribution >= 0.6 is 0 Å². The van der Waals surface area contributed by atoms with Crippen molar-refractivity contribution in [2.24, 2.45) is 29.6 Å². The molecule has 19 heavy (non-hydrogen) atoms. The molecule has 0 aromatic carbocycles. The number of rotatable bonds is 3. The van der Waals surface area contributed by atoms with Crippen molar-refractivity contribution < 1.29 is 5.11 Å². The molecule has 1 unspecified atom stereocenters. The topological polar surface area (TPSA) is 38.0 Å². The van der Waals surface area contributed by atoms with Gasteiger partial charge in [0.05, 0.1) is 11.8 Å². The van der Waals surface area contributed by atoms with Crippen LogP contribution in [0.2, 0.25) is 0 Å². The lowest BCUT2D eigenvalue weighted by Gasteiger charge is -2.55. The number of nitrogens with zero attached hydrogens (tertiary/aromatic N) is 2. The molecule has 1 N–H and O–H groups in total. The van der Waals surface area contributed by atoms with E-state index in [1.54, 1.807) is 0 Å². The molecular formula is C16H24N2O. The zero-order valence-corrected chi connectivity index (χ0v) is 11.7. The van der Waals surface area contributed by atoms with Gasteiger partial charge in [-0.25, -0.2) is 0 Å². The SMILES string of the molecule is CCn1nccc1C(O)C1C2CC3CC(C2)CC1C3. The molecule has 4 bridgehead atoms. The molecule has 1 aromatic rings. The number of aryl methyl sites for hydroxylation is 1. The first-order valence-electron chi connectivity index (χ1n) is 7.96. The zero-order valence-electron chi connectivity index (χ0n) is 11.7. The number of hydrogen-bond acceptors (Lipinski definition) is 2. The van der Waals surface area contributed by atoms with E-state index in [2.05, 4.69) is 12.0 Å². The molecule has 104 valence electrons. The van der Waals surface area contributed by atoms with Crippen molar-refractivity contribution in [1.82, 2.24) is 9.78 Å². The maximum absolute atomic E-state index is 10.9. The summed E-state index contributed by atoms with van der Waals surface area (Å²) in [7, 11) is 0. The fourth-order valence-corrected chi connectivity index (χ4v) is 5.54. The number of aliphatic hydroxyl groups excluding tert-OH is 1. The quantitative estimate of drug-likeness (QED) is 0.907. The highest BCUT2D eigenvalue weighted by Crippen LogP contribution is 2.59. The molecule has 0 aliphatic heterocycles. The van der Waals surface area contributed by atoms with Crippen LogP contribution in [0.3, 0.4) is 0 Å². The maximum atomic E-state index is 10.9. The van der Waals surface area contributed by atoms with Crippen molar-refractivity contribution in [2.45, 2.75) is 51.7 Å². The molecule has 4 aliphatic rings. The van der Waals surface area contributed by atoms with E-state index in [-0.39, 0.29) is 6.10 Å². The summed E-state index contributed by atoms with van der Waals surface area (Å²) in [6, 6.07) is 2.01. The monoisotopic (exact) mass is 260 g/mol. The zero-order chi connectivity index (χ0) is 13.0. The fraction of sp³-hybridized carbons (Fsp3) is 0.812. The van der Waals surface area contributed by atoms with Gasteiger partial charge in [0.15, 0.2) is 0 Å². The van der Waals surface area contributed by atoms with Crippen LogP contribution in [0, 0.1) is 29.6 Å². The van der Waals surface area contributed by atoms with Crippen LogP contribution in [-0.4, -0.2) is 14.9 Å². The first-order chi connectivity index (χ1) is 9.26. The average Bonchev–Trinajstić information content (AvgIpc) is 2.85. The van der Waals surface area contributed by atoms with Crippen LogP contribution in [-0.2, 0) is 6.54 Å². The average molecular weight is 260 g/mol. The van der Waals surface area contributed by atoms with Crippen LogP contribution in [0.5, 0.6) is 0 Å². The first-order valence-corrected chi connectivity index (χ1v) is 7.96. The van der Waals surface area contributed by atoms with E-state index in [1.165, 1.54) is 32.1 Å². The van der Waals surface area contributed by atoms with E-state index < -0.39 is 0 Å². The van der Waals surface area contributed by atoms with Crippen LogP contribution in [0.1, 0.15) is 50.8 Å². The Balaban J connectivity index is 1.62. The van der Waals surface area contributed by atoms with Crippen molar-refractivity contribution in [3.05, 3.63) is 18.0 Å². The number of aliphatic hydroxyl groups is 1. The van der Waals surface area contributed by atoms with Gasteiger partial charge in [0.1, 0.15) is 0 Å². The van der Waals surface area contributed by atoms with Gasteiger partial charge in [-0.2, -0.15) is 5.10 Å². The third-order valence-electron chi connectivity index (χ3n) is 6.02. The summed E-state index contributed by atoms with van der Waals surface area (Å²) < 4.78 is 1.97. The van der Waals surface area contributed by atoms with Crippen molar-refractivity contribution in [3.8, 4) is 0 Å². The van der Waals surface area contributed by atoms with E-state index in [4.69, 9.17) is 0 Å². The van der Waals surface area contributed by atoms with E-state index in [1.807, 2.05) is 16.9 Å². The predicted molar refractivity (Wildman–Crippen MR) is 73.4 cm³/mol. The molecule has 5 rings (SSSR count). The van der Waals surface area contributed by atoms with Gasteiger partial charge in [0.2, 0.25) is 0 Å². The molecule has 4 aliphatic carbocycles. The summed E-state index contributed by atoms with van der Waals surface area (Å²) in [4.78, 5) is 0. The second-order valence-electron chi connectivity index (χ2n) is 7.02. The Morgan fingerprint density at radius 3 is 2.42 bits per heavy atom. The fourth-order valence-electron chi connectivity index (χ4n) is 5.54. The minimum atomic E-state index is -0.294. The van der Waals surface area contributed by atoms with Crippen molar-refractivity contribution in [1.29, 1.82) is 0 Å². The van der Waals surface area contributed by atoms with Gasteiger partial charge in [-0.15, -0.1) is 0 Å². The standard InChI is InChI=1S/C16H24N2O/c1-2-18-14(3-4-17-18)16(19)15-12-6-10-5-11(8-12)9-13(15)7-10/h3-4,10-13,15-16,19H,2,5-9H2,1H3. The van der Waals surface area contributed by atoms with Gasteiger partial charge in [0.25, 0.3) is 0 Å². The Bertz CT molecular complexity index is 439. The molecule has 0 saturated heterocycles. The largest absolute Gasteiger partial charge is 0.387 e. The number of aromatic nitrogens is 2. The van der Waals surface area contributed by atoms with Gasteiger partial charge >= 0.3 is 0 Å². The highest BCUT2D eigenvalue weighted by Gasteiger charge is 2.50. The molecule has 0 amide bonds. The first kappa shape index (κ1) is 12.0. The third-order valence-corrected chi connectivity index (χ3v) is 6.02. The molecule has 1 aromatic heterocycles. The van der Waals surface area contributed by atoms with Crippen molar-refractivity contribution in [2.75, 3.05) is 0 Å². The van der Waals surface area contributed by atoms with E-state index in [0.717, 1.165) is 35.9 Å². The van der Waals surface area contributed by atoms with Crippen LogP contribution in [0.4, 0.5) is 0 Å². The molecule has 4 fully saturated rings. The summed E-state index contributed by atoms with van der Waals surface area (Å²) >= 11 is 0. The normalized spacial score (nSPS) is 41.7. The van der Waals surface area contributed by atoms with E-state index >= 15 is 0 Å². The highest BCUT2D eigenvalue weighted by atomic mass is 16.3. The van der Waals surface area contributed by atoms with Crippen LogP contribution < -0.4 is 0 Å². The number of hydrogen-bond donors (Lipinski definition) is 1. The Kier molecular flexibility index (Phi) is 2.73. The molecule has 3 nitrogen and oxygen atoms in total. The Hall–Kier alpha value is -0.830. The van der Waals surface area contributed by atoms with Gasteiger partial charge in [-0.3, -0.25) is 4.68 Å². The minimum absolute atomic E-state index is 0.294. The molecule has 3 heteroatoms. The maximum Gasteiger partial charge on any atom is 0.0989 e. The third kappa shape index (κ3) is 1.78. The van der Waals surface area contributed by atoms with Crippen molar-refractivity contribution >= 4 is 0 Å². The summed E-state index contributed by atoms with van der Waals surface area (Å²) in [6.07, 6.45) is 8.49. The minimum Gasteiger partial charge on any atom is -0.387 e.